The first-order chi connectivity index (χ1) is 11.4. The Hall–Kier alpha value is -3.56. The van der Waals surface area contributed by atoms with Gasteiger partial charge in [0.1, 0.15) is 12.2 Å². The summed E-state index contributed by atoms with van der Waals surface area (Å²) in [7, 11) is 0. The van der Waals surface area contributed by atoms with E-state index in [1.807, 2.05) is 0 Å². The number of aliphatic carboxylic acids is 1. The first-order valence-electron chi connectivity index (χ1n) is 6.70. The van der Waals surface area contributed by atoms with E-state index in [4.69, 9.17) is 0 Å². The third-order valence-electron chi connectivity index (χ3n) is 3.15. The quantitative estimate of drug-likeness (QED) is 0.577. The zero-order valence-corrected chi connectivity index (χ0v) is 12.2. The van der Waals surface area contributed by atoms with Gasteiger partial charge in [-0.1, -0.05) is 30.3 Å². The molecular formula is C14H12N4O6. The number of aromatic nitrogens is 1. The van der Waals surface area contributed by atoms with Crippen LogP contribution in [0.25, 0.3) is 0 Å². The Kier molecular flexibility index (Phi) is 5.00. The number of nitrogens with one attached hydrogen (secondary N) is 1. The molecule has 0 aliphatic rings. The lowest BCUT2D eigenvalue weighted by atomic mass is 10.1. The summed E-state index contributed by atoms with van der Waals surface area (Å²) in [5, 5.41) is 33.5. The maximum Gasteiger partial charge on any atom is 0.326 e. The molecule has 0 bridgehead atoms. The number of benzene rings is 1. The molecule has 0 spiro atoms. The zero-order valence-electron chi connectivity index (χ0n) is 12.2. The summed E-state index contributed by atoms with van der Waals surface area (Å²) in [4.78, 5) is 35.1. The van der Waals surface area contributed by atoms with Crippen LogP contribution in [-0.4, -0.2) is 31.9 Å². The smallest absolute Gasteiger partial charge is 0.326 e. The maximum absolute atomic E-state index is 11.4. The molecule has 1 aromatic carbocycles. The normalized spacial score (nSPS) is 11.5. The molecule has 0 amide bonds. The number of carbonyl (C=O) groups is 1. The van der Waals surface area contributed by atoms with Crippen molar-refractivity contribution >= 4 is 23.2 Å². The van der Waals surface area contributed by atoms with E-state index < -0.39 is 33.2 Å². The summed E-state index contributed by atoms with van der Waals surface area (Å²) in [6.07, 6.45) is 0.892. The zero-order chi connectivity index (χ0) is 17.7. The van der Waals surface area contributed by atoms with Crippen LogP contribution >= 0.6 is 0 Å². The van der Waals surface area contributed by atoms with Gasteiger partial charge in [0.2, 0.25) is 5.82 Å². The van der Waals surface area contributed by atoms with Gasteiger partial charge in [-0.3, -0.25) is 20.2 Å². The van der Waals surface area contributed by atoms with Crippen LogP contribution in [0, 0.1) is 20.2 Å². The van der Waals surface area contributed by atoms with Crippen LogP contribution in [0.2, 0.25) is 0 Å². The van der Waals surface area contributed by atoms with Gasteiger partial charge in [-0.25, -0.2) is 9.78 Å². The molecule has 0 aliphatic carbocycles. The van der Waals surface area contributed by atoms with Gasteiger partial charge in [0, 0.05) is 6.42 Å². The molecule has 0 saturated carbocycles. The number of hydrogen-bond acceptors (Lipinski definition) is 7. The summed E-state index contributed by atoms with van der Waals surface area (Å²) in [6.45, 7) is 0. The Balaban J connectivity index is 2.30. The lowest BCUT2D eigenvalue weighted by Crippen LogP contribution is -2.32. The fraction of sp³-hybridized carbons (Fsp3) is 0.143. The molecule has 0 saturated heterocycles. The fourth-order valence-electron chi connectivity index (χ4n) is 2.01. The van der Waals surface area contributed by atoms with Crippen molar-refractivity contribution in [2.75, 3.05) is 5.32 Å². The largest absolute Gasteiger partial charge is 0.480 e. The summed E-state index contributed by atoms with van der Waals surface area (Å²) < 4.78 is 0. The highest BCUT2D eigenvalue weighted by molar-refractivity contribution is 5.78. The Morgan fingerprint density at radius 3 is 2.42 bits per heavy atom. The maximum atomic E-state index is 11.4. The van der Waals surface area contributed by atoms with Crippen LogP contribution in [0.1, 0.15) is 5.56 Å². The van der Waals surface area contributed by atoms with Gasteiger partial charge in [-0.2, -0.15) is 0 Å². The highest BCUT2D eigenvalue weighted by Gasteiger charge is 2.26. The van der Waals surface area contributed by atoms with Crippen LogP contribution in [0.4, 0.5) is 17.2 Å². The van der Waals surface area contributed by atoms with Crippen LogP contribution in [0.5, 0.6) is 0 Å². The molecule has 124 valence electrons. The SMILES string of the molecule is O=C(O)C(Cc1ccccc1)Nc1ncc([N+](=O)[O-])cc1[N+](=O)[O-]. The predicted octanol–water partition coefficient (Wildman–Crippen LogP) is 2.01. The number of nitro groups is 2. The topological polar surface area (TPSA) is 149 Å². The van der Waals surface area contributed by atoms with Crippen molar-refractivity contribution < 1.29 is 19.7 Å². The van der Waals surface area contributed by atoms with Crippen LogP contribution < -0.4 is 5.32 Å². The third kappa shape index (κ3) is 4.00. The summed E-state index contributed by atoms with van der Waals surface area (Å²) >= 11 is 0. The minimum atomic E-state index is -1.23. The molecule has 1 unspecified atom stereocenters. The molecule has 0 aliphatic heterocycles. The van der Waals surface area contributed by atoms with E-state index in [0.717, 1.165) is 12.3 Å². The molecule has 2 rings (SSSR count). The number of carboxylic acid groups (broad SMARTS) is 1. The van der Waals surface area contributed by atoms with Crippen LogP contribution in [0.3, 0.4) is 0 Å². The fourth-order valence-corrected chi connectivity index (χ4v) is 2.01. The summed E-state index contributed by atoms with van der Waals surface area (Å²) in [5.74, 6) is -1.57. The van der Waals surface area contributed by atoms with Gasteiger partial charge in [0.25, 0.3) is 5.69 Å². The van der Waals surface area contributed by atoms with E-state index in [2.05, 4.69) is 10.3 Å². The van der Waals surface area contributed by atoms with Gasteiger partial charge >= 0.3 is 11.7 Å². The van der Waals surface area contributed by atoms with Crippen molar-refractivity contribution in [3.8, 4) is 0 Å². The van der Waals surface area contributed by atoms with E-state index >= 15 is 0 Å². The Morgan fingerprint density at radius 1 is 1.21 bits per heavy atom. The van der Waals surface area contributed by atoms with Crippen molar-refractivity contribution in [2.24, 2.45) is 0 Å². The van der Waals surface area contributed by atoms with E-state index in [0.29, 0.717) is 5.56 Å². The monoisotopic (exact) mass is 332 g/mol. The molecule has 0 fully saturated rings. The Bertz CT molecular complexity index is 780. The van der Waals surface area contributed by atoms with E-state index in [1.54, 1.807) is 30.3 Å². The third-order valence-corrected chi connectivity index (χ3v) is 3.15. The molecule has 2 aromatic rings. The van der Waals surface area contributed by atoms with Gasteiger partial charge in [0.15, 0.2) is 0 Å². The number of anilines is 1. The summed E-state index contributed by atoms with van der Waals surface area (Å²) in [5.41, 5.74) is -0.507. The van der Waals surface area contributed by atoms with Crippen molar-refractivity contribution in [1.82, 2.24) is 4.98 Å². The molecule has 10 nitrogen and oxygen atoms in total. The van der Waals surface area contributed by atoms with Gasteiger partial charge in [-0.15, -0.1) is 0 Å². The molecule has 0 radical (unpaired) electrons. The second-order valence-corrected chi connectivity index (χ2v) is 4.80. The first-order valence-corrected chi connectivity index (χ1v) is 6.70. The van der Waals surface area contributed by atoms with E-state index in [-0.39, 0.29) is 12.2 Å². The van der Waals surface area contributed by atoms with Gasteiger partial charge in [0.05, 0.1) is 15.9 Å². The number of pyridine rings is 1. The Morgan fingerprint density at radius 2 is 1.88 bits per heavy atom. The minimum absolute atomic E-state index is 0.0615. The van der Waals surface area contributed by atoms with Crippen LogP contribution in [0.15, 0.2) is 42.6 Å². The number of nitrogens with zero attached hydrogens (tertiary/aromatic N) is 3. The van der Waals surface area contributed by atoms with Gasteiger partial charge < -0.3 is 10.4 Å². The lowest BCUT2D eigenvalue weighted by Gasteiger charge is -2.15. The second kappa shape index (κ2) is 7.13. The highest BCUT2D eigenvalue weighted by atomic mass is 16.6. The minimum Gasteiger partial charge on any atom is -0.480 e. The van der Waals surface area contributed by atoms with Crippen molar-refractivity contribution in [2.45, 2.75) is 12.5 Å². The molecule has 24 heavy (non-hydrogen) atoms. The number of carboxylic acids is 1. The highest BCUT2D eigenvalue weighted by Crippen LogP contribution is 2.27. The molecule has 1 atom stereocenters. The molecule has 10 heteroatoms. The summed E-state index contributed by atoms with van der Waals surface area (Å²) in [6, 6.07) is 8.23. The Labute approximate surface area is 135 Å². The van der Waals surface area contributed by atoms with Gasteiger partial charge in [-0.05, 0) is 5.56 Å². The average molecular weight is 332 g/mol. The van der Waals surface area contributed by atoms with Crippen molar-refractivity contribution in [1.29, 1.82) is 0 Å². The molecule has 1 heterocycles. The first kappa shape index (κ1) is 16.8. The molecule has 1 aromatic heterocycles. The lowest BCUT2D eigenvalue weighted by molar-refractivity contribution is -0.394. The standard InChI is InChI=1S/C14H12N4O6/c19-14(20)11(6-9-4-2-1-3-5-9)16-13-12(18(23)24)7-10(8-15-13)17(21)22/h1-5,7-8,11H,6H2,(H,15,16)(H,19,20). The van der Waals surface area contributed by atoms with Crippen molar-refractivity contribution in [3.05, 3.63) is 68.4 Å². The van der Waals surface area contributed by atoms with Crippen LogP contribution in [-0.2, 0) is 11.2 Å². The second-order valence-electron chi connectivity index (χ2n) is 4.80. The molecular weight excluding hydrogens is 320 g/mol. The van der Waals surface area contributed by atoms with E-state index in [9.17, 15) is 30.1 Å². The number of rotatable bonds is 7. The van der Waals surface area contributed by atoms with Crippen molar-refractivity contribution in [3.63, 3.8) is 0 Å². The predicted molar refractivity (Wildman–Crippen MR) is 82.7 cm³/mol. The van der Waals surface area contributed by atoms with E-state index in [1.165, 1.54) is 0 Å². The average Bonchev–Trinajstić information content (AvgIpc) is 2.55. The number of hydrogen-bond donors (Lipinski definition) is 2. The molecule has 2 N–H and O–H groups in total.